The highest BCUT2D eigenvalue weighted by atomic mass is 35.5. The average Bonchev–Trinajstić information content (AvgIpc) is 2.67. The molecule has 1 saturated heterocycles. The normalized spacial score (nSPS) is 18.1. The number of ether oxygens (including phenoxy) is 1. The van der Waals surface area contributed by atoms with Gasteiger partial charge in [-0.3, -0.25) is 19.8 Å². The van der Waals surface area contributed by atoms with Crippen LogP contribution < -0.4 is 15.5 Å². The van der Waals surface area contributed by atoms with Crippen LogP contribution in [-0.2, 0) is 14.4 Å². The van der Waals surface area contributed by atoms with E-state index < -0.39 is 23.2 Å². The molecule has 2 atom stereocenters. The van der Waals surface area contributed by atoms with Crippen molar-refractivity contribution in [3.05, 3.63) is 58.1 Å². The van der Waals surface area contributed by atoms with Crippen molar-refractivity contribution in [2.75, 3.05) is 11.9 Å². The van der Waals surface area contributed by atoms with Gasteiger partial charge < -0.3 is 10.1 Å². The van der Waals surface area contributed by atoms with E-state index in [4.69, 9.17) is 39.5 Å². The molecule has 1 aliphatic rings. The van der Waals surface area contributed by atoms with E-state index in [9.17, 15) is 14.4 Å². The molecule has 0 saturated carbocycles. The lowest BCUT2D eigenvalue weighted by Crippen LogP contribution is -2.63. The zero-order valence-corrected chi connectivity index (χ0v) is 17.4. The summed E-state index contributed by atoms with van der Waals surface area (Å²) < 4.78 is 5.40. The molecule has 0 radical (unpaired) electrons. The third-order valence-electron chi connectivity index (χ3n) is 4.10. The third-order valence-corrected chi connectivity index (χ3v) is 5.09. The second-order valence-corrected chi connectivity index (χ2v) is 7.56. The molecule has 0 aromatic heterocycles. The molecule has 1 fully saturated rings. The first kappa shape index (κ1) is 21.2. The molecule has 7 nitrogen and oxygen atoms in total. The van der Waals surface area contributed by atoms with E-state index in [1.165, 1.54) is 6.92 Å². The predicted octanol–water partition coefficient (Wildman–Crippen LogP) is 3.55. The molecule has 0 aliphatic carbocycles. The van der Waals surface area contributed by atoms with Gasteiger partial charge in [-0.2, -0.15) is 0 Å². The highest BCUT2D eigenvalue weighted by Gasteiger charge is 2.49. The van der Waals surface area contributed by atoms with E-state index >= 15 is 0 Å². The first-order chi connectivity index (χ1) is 13.8. The highest BCUT2D eigenvalue weighted by Crippen LogP contribution is 2.40. The fraction of sp³-hybridized carbons (Fsp3) is 0.211. The number of amides is 3. The largest absolute Gasteiger partial charge is 0.484 e. The SMILES string of the molecule is CC(=O)Nc1ccc(OCC(=O)NN2C(=O)C(Cl)C2c2ccc(Cl)cc2Cl)cc1. The van der Waals surface area contributed by atoms with Crippen LogP contribution in [0.1, 0.15) is 18.5 Å². The summed E-state index contributed by atoms with van der Waals surface area (Å²) in [5.74, 6) is -0.750. The van der Waals surface area contributed by atoms with Gasteiger partial charge in [-0.15, -0.1) is 11.6 Å². The molecule has 0 spiro atoms. The lowest BCUT2D eigenvalue weighted by molar-refractivity contribution is -0.157. The summed E-state index contributed by atoms with van der Waals surface area (Å²) in [6, 6.07) is 10.7. The van der Waals surface area contributed by atoms with E-state index in [0.717, 1.165) is 5.01 Å². The Kier molecular flexibility index (Phi) is 6.52. The van der Waals surface area contributed by atoms with Crippen molar-refractivity contribution >= 4 is 58.2 Å². The zero-order valence-electron chi connectivity index (χ0n) is 15.1. The molecule has 2 aromatic rings. The average molecular weight is 457 g/mol. The number of benzene rings is 2. The molecule has 152 valence electrons. The number of β-lactam (4-membered cyclic amide) rings is 1. The first-order valence-corrected chi connectivity index (χ1v) is 9.67. The molecule has 2 unspecified atom stereocenters. The van der Waals surface area contributed by atoms with E-state index in [1.807, 2.05) is 0 Å². The standard InChI is InChI=1S/C19H16Cl3N3O4/c1-10(26)23-12-3-5-13(6-4-12)29-9-16(27)24-25-18(17(22)19(25)28)14-7-2-11(20)8-15(14)21/h2-8,17-18H,9H2,1H3,(H,23,26)(H,24,27). The maximum atomic E-state index is 12.2. The number of carbonyl (C=O) groups excluding carboxylic acids is 3. The van der Waals surface area contributed by atoms with Crippen molar-refractivity contribution in [2.45, 2.75) is 18.3 Å². The maximum Gasteiger partial charge on any atom is 0.276 e. The van der Waals surface area contributed by atoms with Crippen molar-refractivity contribution in [3.8, 4) is 5.75 Å². The van der Waals surface area contributed by atoms with Crippen LogP contribution in [0.5, 0.6) is 5.75 Å². The van der Waals surface area contributed by atoms with E-state index in [0.29, 0.717) is 27.0 Å². The molecule has 0 bridgehead atoms. The molecule has 1 aliphatic heterocycles. The lowest BCUT2D eigenvalue weighted by Gasteiger charge is -2.44. The Hall–Kier alpha value is -2.48. The topological polar surface area (TPSA) is 87.7 Å². The quantitative estimate of drug-likeness (QED) is 0.514. The van der Waals surface area contributed by atoms with Crippen molar-refractivity contribution in [2.24, 2.45) is 0 Å². The number of nitrogens with one attached hydrogen (secondary N) is 2. The van der Waals surface area contributed by atoms with Crippen LogP contribution in [0.15, 0.2) is 42.5 Å². The minimum Gasteiger partial charge on any atom is -0.484 e. The van der Waals surface area contributed by atoms with Crippen molar-refractivity contribution in [3.63, 3.8) is 0 Å². The van der Waals surface area contributed by atoms with Gasteiger partial charge in [0.25, 0.3) is 11.8 Å². The van der Waals surface area contributed by atoms with E-state index in [-0.39, 0.29) is 12.5 Å². The second kappa shape index (κ2) is 8.90. The van der Waals surface area contributed by atoms with Crippen LogP contribution in [0.25, 0.3) is 0 Å². The number of rotatable bonds is 6. The van der Waals surface area contributed by atoms with Gasteiger partial charge >= 0.3 is 0 Å². The molecule has 2 aromatic carbocycles. The van der Waals surface area contributed by atoms with Crippen LogP contribution in [0, 0.1) is 0 Å². The van der Waals surface area contributed by atoms with Gasteiger partial charge in [0.2, 0.25) is 5.91 Å². The van der Waals surface area contributed by atoms with Crippen molar-refractivity contribution < 1.29 is 19.1 Å². The minimum absolute atomic E-state index is 0.190. The molecule has 3 rings (SSSR count). The molecule has 29 heavy (non-hydrogen) atoms. The first-order valence-electron chi connectivity index (χ1n) is 8.48. The van der Waals surface area contributed by atoms with Crippen molar-refractivity contribution in [1.29, 1.82) is 0 Å². The Balaban J connectivity index is 1.59. The van der Waals surface area contributed by atoms with E-state index in [1.54, 1.807) is 42.5 Å². The van der Waals surface area contributed by atoms with Crippen LogP contribution in [0.2, 0.25) is 10.0 Å². The van der Waals surface area contributed by atoms with Crippen LogP contribution >= 0.6 is 34.8 Å². The summed E-state index contributed by atoms with van der Waals surface area (Å²) in [4.78, 5) is 35.3. The maximum absolute atomic E-state index is 12.2. The van der Waals surface area contributed by atoms with Crippen molar-refractivity contribution in [1.82, 2.24) is 10.4 Å². The summed E-state index contributed by atoms with van der Waals surface area (Å²) in [7, 11) is 0. The summed E-state index contributed by atoms with van der Waals surface area (Å²) in [6.45, 7) is 1.08. The van der Waals surface area contributed by atoms with Gasteiger partial charge in [-0.1, -0.05) is 29.3 Å². The molecule has 1 heterocycles. The number of alkyl halides is 1. The minimum atomic E-state index is -0.851. The summed E-state index contributed by atoms with van der Waals surface area (Å²) in [5.41, 5.74) is 3.66. The smallest absolute Gasteiger partial charge is 0.276 e. The highest BCUT2D eigenvalue weighted by molar-refractivity contribution is 6.36. The van der Waals surface area contributed by atoms with Gasteiger partial charge in [0.1, 0.15) is 17.2 Å². The molecular formula is C19H16Cl3N3O4. The number of hydrogen-bond acceptors (Lipinski definition) is 4. The molecule has 2 N–H and O–H groups in total. The molecular weight excluding hydrogens is 441 g/mol. The Labute approximate surface area is 181 Å². The number of carbonyl (C=O) groups is 3. The number of halogens is 3. The zero-order chi connectivity index (χ0) is 21.1. The third kappa shape index (κ3) is 4.93. The lowest BCUT2D eigenvalue weighted by atomic mass is 9.95. The number of hydrogen-bond donors (Lipinski definition) is 2. The van der Waals surface area contributed by atoms with E-state index in [2.05, 4.69) is 10.7 Å². The fourth-order valence-corrected chi connectivity index (χ4v) is 3.64. The van der Waals surface area contributed by atoms with Crippen LogP contribution in [-0.4, -0.2) is 34.7 Å². The van der Waals surface area contributed by atoms with Gasteiger partial charge in [0, 0.05) is 22.7 Å². The molecule has 3 amide bonds. The number of nitrogens with zero attached hydrogens (tertiary/aromatic N) is 1. The van der Waals surface area contributed by atoms with Gasteiger partial charge in [-0.05, 0) is 42.0 Å². The fourth-order valence-electron chi connectivity index (χ4n) is 2.77. The van der Waals surface area contributed by atoms with Gasteiger partial charge in [0.05, 0.1) is 0 Å². The Bertz CT molecular complexity index is 952. The Morgan fingerprint density at radius 2 is 1.83 bits per heavy atom. The monoisotopic (exact) mass is 455 g/mol. The van der Waals surface area contributed by atoms with Crippen LogP contribution in [0.3, 0.4) is 0 Å². The molecule has 10 heteroatoms. The summed E-state index contributed by atoms with van der Waals surface area (Å²) in [6.07, 6.45) is 0. The number of anilines is 1. The second-order valence-electron chi connectivity index (χ2n) is 6.25. The predicted molar refractivity (Wildman–Crippen MR) is 110 cm³/mol. The van der Waals surface area contributed by atoms with Gasteiger partial charge in [0.15, 0.2) is 6.61 Å². The summed E-state index contributed by atoms with van der Waals surface area (Å²) in [5, 5.41) is 3.69. The Morgan fingerprint density at radius 1 is 1.14 bits per heavy atom. The number of hydrazine groups is 1. The van der Waals surface area contributed by atoms with Crippen LogP contribution in [0.4, 0.5) is 5.69 Å². The van der Waals surface area contributed by atoms with Gasteiger partial charge in [-0.25, -0.2) is 5.01 Å². The Morgan fingerprint density at radius 3 is 2.45 bits per heavy atom. The summed E-state index contributed by atoms with van der Waals surface area (Å²) >= 11 is 18.2.